The minimum absolute atomic E-state index is 0.0402. The van der Waals surface area contributed by atoms with E-state index in [1.54, 1.807) is 31.2 Å². The van der Waals surface area contributed by atoms with Crippen molar-refractivity contribution in [3.05, 3.63) is 29.3 Å². The standard InChI is InChI=1S/C15H23ClN2O3S/c1-10(2)11(3)17-15(19)12(4)18(22(5,20)21)14-8-6-13(16)7-9-14/h6-12H,1-5H3,(H,17,19)/t11-,12-/m0/s1. The molecule has 0 aliphatic carbocycles. The number of carbonyl (C=O) groups excluding carboxylic acids is 1. The molecule has 0 fully saturated rings. The summed E-state index contributed by atoms with van der Waals surface area (Å²) >= 11 is 5.83. The molecule has 1 amide bonds. The lowest BCUT2D eigenvalue weighted by atomic mass is 10.1. The van der Waals surface area contributed by atoms with Gasteiger partial charge in [-0.3, -0.25) is 9.10 Å². The Hall–Kier alpha value is -1.27. The molecule has 5 nitrogen and oxygen atoms in total. The van der Waals surface area contributed by atoms with E-state index in [-0.39, 0.29) is 17.9 Å². The predicted molar refractivity (Wildman–Crippen MR) is 90.7 cm³/mol. The van der Waals surface area contributed by atoms with Gasteiger partial charge in [-0.2, -0.15) is 0 Å². The fraction of sp³-hybridized carbons (Fsp3) is 0.533. The second-order valence-corrected chi connectivity index (χ2v) is 8.05. The summed E-state index contributed by atoms with van der Waals surface area (Å²) in [5.41, 5.74) is 0.409. The van der Waals surface area contributed by atoms with Crippen LogP contribution in [0, 0.1) is 5.92 Å². The van der Waals surface area contributed by atoms with Crippen molar-refractivity contribution < 1.29 is 13.2 Å². The molecule has 1 aromatic rings. The summed E-state index contributed by atoms with van der Waals surface area (Å²) in [4.78, 5) is 12.3. The van der Waals surface area contributed by atoms with Gasteiger partial charge in [0.05, 0.1) is 11.9 Å². The highest BCUT2D eigenvalue weighted by Gasteiger charge is 2.29. The number of nitrogens with one attached hydrogen (secondary N) is 1. The molecular weight excluding hydrogens is 324 g/mol. The third kappa shape index (κ3) is 4.88. The number of hydrogen-bond donors (Lipinski definition) is 1. The zero-order chi connectivity index (χ0) is 17.1. The molecule has 124 valence electrons. The van der Waals surface area contributed by atoms with Crippen molar-refractivity contribution in [2.45, 2.75) is 39.8 Å². The summed E-state index contributed by atoms with van der Waals surface area (Å²) in [5, 5.41) is 3.34. The first kappa shape index (κ1) is 18.8. The highest BCUT2D eigenvalue weighted by Crippen LogP contribution is 2.23. The number of sulfonamides is 1. The van der Waals surface area contributed by atoms with Crippen molar-refractivity contribution in [1.29, 1.82) is 0 Å². The SMILES string of the molecule is CC(C)[C@H](C)NC(=O)[C@H](C)N(c1ccc(Cl)cc1)S(C)(=O)=O. The lowest BCUT2D eigenvalue weighted by molar-refractivity contribution is -0.122. The largest absolute Gasteiger partial charge is 0.352 e. The number of benzene rings is 1. The van der Waals surface area contributed by atoms with E-state index in [1.165, 1.54) is 0 Å². The lowest BCUT2D eigenvalue weighted by Crippen LogP contribution is -2.50. The molecule has 0 aromatic heterocycles. The maximum atomic E-state index is 12.3. The maximum Gasteiger partial charge on any atom is 0.243 e. The van der Waals surface area contributed by atoms with Crippen LogP contribution in [-0.2, 0) is 14.8 Å². The van der Waals surface area contributed by atoms with Crippen LogP contribution < -0.4 is 9.62 Å². The van der Waals surface area contributed by atoms with Crippen molar-refractivity contribution in [1.82, 2.24) is 5.32 Å². The molecule has 1 rings (SSSR count). The van der Waals surface area contributed by atoms with E-state index in [4.69, 9.17) is 11.6 Å². The van der Waals surface area contributed by atoms with Crippen molar-refractivity contribution >= 4 is 33.2 Å². The fourth-order valence-electron chi connectivity index (χ4n) is 1.91. The first-order valence-corrected chi connectivity index (χ1v) is 9.32. The minimum Gasteiger partial charge on any atom is -0.352 e. The lowest BCUT2D eigenvalue weighted by Gasteiger charge is -2.29. The average molecular weight is 347 g/mol. The van der Waals surface area contributed by atoms with Crippen LogP contribution in [0.1, 0.15) is 27.7 Å². The second kappa shape index (κ2) is 7.33. The van der Waals surface area contributed by atoms with E-state index in [0.29, 0.717) is 10.7 Å². The first-order chi connectivity index (χ1) is 10.0. The molecule has 0 radical (unpaired) electrons. The minimum atomic E-state index is -3.60. The Morgan fingerprint density at radius 3 is 2.05 bits per heavy atom. The molecule has 0 heterocycles. The topological polar surface area (TPSA) is 66.5 Å². The average Bonchev–Trinajstić information content (AvgIpc) is 2.39. The normalized spacial score (nSPS) is 14.5. The highest BCUT2D eigenvalue weighted by molar-refractivity contribution is 7.92. The van der Waals surface area contributed by atoms with Crippen LogP contribution in [0.5, 0.6) is 0 Å². The summed E-state index contributed by atoms with van der Waals surface area (Å²) < 4.78 is 25.3. The van der Waals surface area contributed by atoms with Gasteiger partial charge >= 0.3 is 0 Å². The van der Waals surface area contributed by atoms with Crippen LogP contribution in [0.15, 0.2) is 24.3 Å². The summed E-state index contributed by atoms with van der Waals surface area (Å²) in [6.07, 6.45) is 1.08. The predicted octanol–water partition coefficient (Wildman–Crippen LogP) is 2.66. The van der Waals surface area contributed by atoms with Crippen molar-refractivity contribution in [2.24, 2.45) is 5.92 Å². The molecule has 22 heavy (non-hydrogen) atoms. The van der Waals surface area contributed by atoms with Gasteiger partial charge < -0.3 is 5.32 Å². The molecular formula is C15H23ClN2O3S. The smallest absolute Gasteiger partial charge is 0.243 e. The molecule has 0 saturated heterocycles. The van der Waals surface area contributed by atoms with Gasteiger partial charge in [-0.15, -0.1) is 0 Å². The molecule has 0 bridgehead atoms. The first-order valence-electron chi connectivity index (χ1n) is 7.09. The van der Waals surface area contributed by atoms with Crippen LogP contribution in [-0.4, -0.2) is 32.7 Å². The van der Waals surface area contributed by atoms with Gasteiger partial charge in [-0.25, -0.2) is 8.42 Å². The number of amides is 1. The van der Waals surface area contributed by atoms with Crippen LogP contribution >= 0.6 is 11.6 Å². The Kier molecular flexibility index (Phi) is 6.26. The number of nitrogens with zero attached hydrogens (tertiary/aromatic N) is 1. The quantitative estimate of drug-likeness (QED) is 0.861. The van der Waals surface area contributed by atoms with Gasteiger partial charge in [-0.05, 0) is 44.0 Å². The number of halogens is 1. The molecule has 0 saturated carbocycles. The Bertz CT molecular complexity index is 614. The van der Waals surface area contributed by atoms with E-state index in [1.807, 2.05) is 20.8 Å². The number of anilines is 1. The zero-order valence-corrected chi connectivity index (χ0v) is 15.1. The third-order valence-electron chi connectivity index (χ3n) is 3.54. The van der Waals surface area contributed by atoms with Gasteiger partial charge in [0, 0.05) is 11.1 Å². The summed E-state index contributed by atoms with van der Waals surface area (Å²) in [6.45, 7) is 7.44. The number of hydrogen-bond acceptors (Lipinski definition) is 3. The summed E-state index contributed by atoms with van der Waals surface area (Å²) in [6, 6.07) is 5.46. The van der Waals surface area contributed by atoms with E-state index in [0.717, 1.165) is 10.6 Å². The monoisotopic (exact) mass is 346 g/mol. The Morgan fingerprint density at radius 2 is 1.64 bits per heavy atom. The van der Waals surface area contributed by atoms with Gasteiger partial charge in [0.1, 0.15) is 6.04 Å². The summed E-state index contributed by atoms with van der Waals surface area (Å²) in [5.74, 6) is -0.0695. The Balaban J connectivity index is 3.08. The molecule has 1 N–H and O–H groups in total. The summed E-state index contributed by atoms with van der Waals surface area (Å²) in [7, 11) is -3.60. The molecule has 7 heteroatoms. The molecule has 0 aliphatic heterocycles. The molecule has 0 unspecified atom stereocenters. The van der Waals surface area contributed by atoms with Crippen molar-refractivity contribution in [2.75, 3.05) is 10.6 Å². The fourth-order valence-corrected chi connectivity index (χ4v) is 3.21. The van der Waals surface area contributed by atoms with Crippen LogP contribution in [0.25, 0.3) is 0 Å². The van der Waals surface area contributed by atoms with Gasteiger partial charge in [0.15, 0.2) is 0 Å². The molecule has 0 aliphatic rings. The van der Waals surface area contributed by atoms with E-state index >= 15 is 0 Å². The van der Waals surface area contributed by atoms with Crippen LogP contribution in [0.3, 0.4) is 0 Å². The maximum absolute atomic E-state index is 12.3. The van der Waals surface area contributed by atoms with Crippen molar-refractivity contribution in [3.63, 3.8) is 0 Å². The third-order valence-corrected chi connectivity index (χ3v) is 5.03. The van der Waals surface area contributed by atoms with Gasteiger partial charge in [-0.1, -0.05) is 25.4 Å². The van der Waals surface area contributed by atoms with Crippen LogP contribution in [0.4, 0.5) is 5.69 Å². The van der Waals surface area contributed by atoms with E-state index < -0.39 is 16.1 Å². The van der Waals surface area contributed by atoms with E-state index in [9.17, 15) is 13.2 Å². The highest BCUT2D eigenvalue weighted by atomic mass is 35.5. The van der Waals surface area contributed by atoms with Gasteiger partial charge in [0.2, 0.25) is 15.9 Å². The molecule has 0 spiro atoms. The number of carbonyl (C=O) groups is 1. The Morgan fingerprint density at radius 1 is 1.14 bits per heavy atom. The van der Waals surface area contributed by atoms with Crippen LogP contribution in [0.2, 0.25) is 5.02 Å². The number of rotatable bonds is 6. The van der Waals surface area contributed by atoms with Crippen molar-refractivity contribution in [3.8, 4) is 0 Å². The van der Waals surface area contributed by atoms with Gasteiger partial charge in [0.25, 0.3) is 0 Å². The van der Waals surface area contributed by atoms with E-state index in [2.05, 4.69) is 5.32 Å². The Labute approximate surface area is 137 Å². The molecule has 2 atom stereocenters. The molecule has 1 aromatic carbocycles. The second-order valence-electron chi connectivity index (χ2n) is 5.75. The zero-order valence-electron chi connectivity index (χ0n) is 13.5.